The molecule has 2 aromatic rings. The Morgan fingerprint density at radius 1 is 1.33 bits per heavy atom. The summed E-state index contributed by atoms with van der Waals surface area (Å²) in [6, 6.07) is 11.7. The SMILES string of the molecule is CCOc1cc(C(CC(C)(C)O)N2C(=O)c3[c]cccc3C2C(N)=O)ccc1OC. The monoisotopic (exact) mass is 411 g/mol. The average molecular weight is 411 g/mol. The molecule has 7 nitrogen and oxygen atoms in total. The van der Waals surface area contributed by atoms with Crippen LogP contribution in [0.3, 0.4) is 0 Å². The first-order valence-corrected chi connectivity index (χ1v) is 9.83. The summed E-state index contributed by atoms with van der Waals surface area (Å²) in [4.78, 5) is 27.1. The summed E-state index contributed by atoms with van der Waals surface area (Å²) in [7, 11) is 1.55. The van der Waals surface area contributed by atoms with Crippen molar-refractivity contribution in [2.24, 2.45) is 5.73 Å². The van der Waals surface area contributed by atoms with Crippen LogP contribution in [0, 0.1) is 6.07 Å². The maximum atomic E-state index is 13.3. The second-order valence-electron chi connectivity index (χ2n) is 7.89. The van der Waals surface area contributed by atoms with E-state index in [-0.39, 0.29) is 12.3 Å². The molecule has 0 saturated heterocycles. The lowest BCUT2D eigenvalue weighted by atomic mass is 9.91. The maximum absolute atomic E-state index is 13.3. The van der Waals surface area contributed by atoms with Crippen LogP contribution in [-0.2, 0) is 4.79 Å². The van der Waals surface area contributed by atoms with Gasteiger partial charge in [-0.05, 0) is 50.1 Å². The molecule has 0 bridgehead atoms. The van der Waals surface area contributed by atoms with Crippen molar-refractivity contribution in [1.29, 1.82) is 0 Å². The zero-order valence-corrected chi connectivity index (χ0v) is 17.6. The number of carbonyl (C=O) groups excluding carboxylic acids is 2. The first-order chi connectivity index (χ1) is 14.2. The molecule has 3 rings (SSSR count). The van der Waals surface area contributed by atoms with Crippen molar-refractivity contribution in [3.8, 4) is 11.5 Å². The van der Waals surface area contributed by atoms with Crippen molar-refractivity contribution in [2.75, 3.05) is 13.7 Å². The van der Waals surface area contributed by atoms with E-state index in [9.17, 15) is 14.7 Å². The first kappa shape index (κ1) is 21.6. The number of ether oxygens (including phenoxy) is 2. The quantitative estimate of drug-likeness (QED) is 0.695. The van der Waals surface area contributed by atoms with Crippen molar-refractivity contribution in [3.63, 3.8) is 0 Å². The summed E-state index contributed by atoms with van der Waals surface area (Å²) in [5.41, 5.74) is 6.15. The molecule has 159 valence electrons. The van der Waals surface area contributed by atoms with Gasteiger partial charge in [0.05, 0.1) is 30.9 Å². The molecule has 0 aliphatic carbocycles. The van der Waals surface area contributed by atoms with Crippen LogP contribution >= 0.6 is 0 Å². The van der Waals surface area contributed by atoms with Gasteiger partial charge in [-0.2, -0.15) is 0 Å². The fourth-order valence-corrected chi connectivity index (χ4v) is 3.89. The van der Waals surface area contributed by atoms with E-state index in [0.717, 1.165) is 0 Å². The third kappa shape index (κ3) is 4.11. The molecular formula is C23H27N2O5. The smallest absolute Gasteiger partial charge is 0.256 e. The number of nitrogens with two attached hydrogens (primary N) is 1. The van der Waals surface area contributed by atoms with Crippen LogP contribution in [0.1, 0.15) is 60.8 Å². The minimum absolute atomic E-state index is 0.189. The number of fused-ring (bicyclic) bond motifs is 1. The molecule has 2 unspecified atom stereocenters. The van der Waals surface area contributed by atoms with Gasteiger partial charge in [0.1, 0.15) is 6.04 Å². The fourth-order valence-electron chi connectivity index (χ4n) is 3.89. The van der Waals surface area contributed by atoms with E-state index in [1.54, 1.807) is 57.4 Å². The van der Waals surface area contributed by atoms with Gasteiger partial charge in [-0.15, -0.1) is 0 Å². The van der Waals surface area contributed by atoms with Crippen LogP contribution in [0.4, 0.5) is 0 Å². The van der Waals surface area contributed by atoms with Gasteiger partial charge in [0.25, 0.3) is 5.91 Å². The van der Waals surface area contributed by atoms with Gasteiger partial charge in [0.2, 0.25) is 5.91 Å². The number of hydrogen-bond acceptors (Lipinski definition) is 5. The van der Waals surface area contributed by atoms with E-state index in [1.807, 2.05) is 6.92 Å². The van der Waals surface area contributed by atoms with Crippen molar-refractivity contribution in [2.45, 2.75) is 44.9 Å². The van der Waals surface area contributed by atoms with Crippen LogP contribution in [0.5, 0.6) is 11.5 Å². The lowest BCUT2D eigenvalue weighted by molar-refractivity contribution is -0.123. The highest BCUT2D eigenvalue weighted by Crippen LogP contribution is 2.44. The molecule has 0 saturated carbocycles. The molecule has 2 amide bonds. The van der Waals surface area contributed by atoms with Crippen molar-refractivity contribution in [3.05, 3.63) is 59.2 Å². The molecule has 1 heterocycles. The number of benzene rings is 2. The zero-order valence-electron chi connectivity index (χ0n) is 17.6. The topological polar surface area (TPSA) is 102 Å². The van der Waals surface area contributed by atoms with Crippen molar-refractivity contribution >= 4 is 11.8 Å². The largest absolute Gasteiger partial charge is 0.493 e. The van der Waals surface area contributed by atoms with Crippen molar-refractivity contribution < 1.29 is 24.2 Å². The standard InChI is InChI=1S/C23H27N2O5/c1-5-30-19-12-14(10-11-18(19)29-4)17(13-23(2,3)28)25-20(21(24)26)15-8-6-7-9-16(15)22(25)27/h6-8,10-12,17,20,28H,5,13H2,1-4H3,(H2,24,26). The zero-order chi connectivity index (χ0) is 22.1. The predicted molar refractivity (Wildman–Crippen MR) is 111 cm³/mol. The van der Waals surface area contributed by atoms with Gasteiger partial charge < -0.3 is 25.2 Å². The third-order valence-corrected chi connectivity index (χ3v) is 5.08. The van der Waals surface area contributed by atoms with Gasteiger partial charge in [-0.3, -0.25) is 9.59 Å². The van der Waals surface area contributed by atoms with Gasteiger partial charge in [-0.1, -0.05) is 24.3 Å². The lowest BCUT2D eigenvalue weighted by Crippen LogP contribution is -2.41. The highest BCUT2D eigenvalue weighted by Gasteiger charge is 2.45. The van der Waals surface area contributed by atoms with Crippen LogP contribution < -0.4 is 15.2 Å². The summed E-state index contributed by atoms with van der Waals surface area (Å²) in [5, 5.41) is 10.6. The Hall–Kier alpha value is -3.06. The Balaban J connectivity index is 2.14. The summed E-state index contributed by atoms with van der Waals surface area (Å²) >= 11 is 0. The average Bonchev–Trinajstić information content (AvgIpc) is 2.98. The number of nitrogens with zero attached hydrogens (tertiary/aromatic N) is 1. The van der Waals surface area contributed by atoms with E-state index in [1.165, 1.54) is 4.90 Å². The van der Waals surface area contributed by atoms with E-state index < -0.39 is 23.6 Å². The predicted octanol–water partition coefficient (Wildman–Crippen LogP) is 2.78. The summed E-state index contributed by atoms with van der Waals surface area (Å²) in [6.45, 7) is 5.61. The molecule has 2 atom stereocenters. The number of amides is 2. The van der Waals surface area contributed by atoms with Gasteiger partial charge in [0.15, 0.2) is 11.5 Å². The molecule has 2 aromatic carbocycles. The van der Waals surface area contributed by atoms with Crippen LogP contribution in [0.25, 0.3) is 0 Å². The summed E-state index contributed by atoms with van der Waals surface area (Å²) in [5.74, 6) is 0.0847. The number of primary amides is 1. The Morgan fingerprint density at radius 3 is 2.67 bits per heavy atom. The second kappa shape index (κ2) is 8.36. The van der Waals surface area contributed by atoms with E-state index in [4.69, 9.17) is 15.2 Å². The Kier molecular flexibility index (Phi) is 6.03. The van der Waals surface area contributed by atoms with Gasteiger partial charge >= 0.3 is 0 Å². The van der Waals surface area contributed by atoms with E-state index >= 15 is 0 Å². The maximum Gasteiger partial charge on any atom is 0.256 e. The number of rotatable bonds is 8. The van der Waals surface area contributed by atoms with Crippen molar-refractivity contribution in [1.82, 2.24) is 4.90 Å². The fraction of sp³-hybridized carbons (Fsp3) is 0.391. The normalized spacial score (nSPS) is 16.9. The number of hydrogen-bond donors (Lipinski definition) is 2. The molecule has 1 aliphatic heterocycles. The van der Waals surface area contributed by atoms with E-state index in [0.29, 0.717) is 34.8 Å². The molecule has 1 aliphatic rings. The summed E-state index contributed by atoms with van der Waals surface area (Å²) < 4.78 is 11.0. The van der Waals surface area contributed by atoms with Crippen LogP contribution in [0.15, 0.2) is 36.4 Å². The molecular weight excluding hydrogens is 384 g/mol. The van der Waals surface area contributed by atoms with E-state index in [2.05, 4.69) is 6.07 Å². The molecule has 1 radical (unpaired) electrons. The molecule has 3 N–H and O–H groups in total. The van der Waals surface area contributed by atoms with Crippen LogP contribution in [0.2, 0.25) is 0 Å². The minimum atomic E-state index is -1.11. The summed E-state index contributed by atoms with van der Waals surface area (Å²) in [6.07, 6.45) is 0.189. The second-order valence-corrected chi connectivity index (χ2v) is 7.89. The molecule has 0 fully saturated rings. The van der Waals surface area contributed by atoms with Gasteiger partial charge in [0, 0.05) is 6.42 Å². The Labute approximate surface area is 176 Å². The highest BCUT2D eigenvalue weighted by atomic mass is 16.5. The molecule has 7 heteroatoms. The number of methoxy groups -OCH3 is 1. The molecule has 0 aromatic heterocycles. The van der Waals surface area contributed by atoms with Crippen LogP contribution in [-0.4, -0.2) is 41.1 Å². The molecule has 30 heavy (non-hydrogen) atoms. The minimum Gasteiger partial charge on any atom is -0.493 e. The number of aliphatic hydroxyl groups is 1. The first-order valence-electron chi connectivity index (χ1n) is 9.83. The van der Waals surface area contributed by atoms with Gasteiger partial charge in [-0.25, -0.2) is 0 Å². The Bertz CT molecular complexity index is 951. The Morgan fingerprint density at radius 2 is 2.07 bits per heavy atom. The molecule has 0 spiro atoms. The number of carbonyl (C=O) groups is 2. The third-order valence-electron chi connectivity index (χ3n) is 5.08. The highest BCUT2D eigenvalue weighted by molar-refractivity contribution is 6.04. The lowest BCUT2D eigenvalue weighted by Gasteiger charge is -2.36.